The van der Waals surface area contributed by atoms with Crippen molar-refractivity contribution in [3.63, 3.8) is 0 Å². The highest BCUT2D eigenvalue weighted by Crippen LogP contribution is 2.26. The molecule has 1 heterocycles. The van der Waals surface area contributed by atoms with Gasteiger partial charge in [-0.15, -0.1) is 0 Å². The van der Waals surface area contributed by atoms with Crippen molar-refractivity contribution >= 4 is 5.70 Å². The molecule has 0 saturated carbocycles. The highest BCUT2D eigenvalue weighted by atomic mass is 15.1. The molecule has 1 aromatic carbocycles. The zero-order valence-corrected chi connectivity index (χ0v) is 11.8. The molecule has 0 atom stereocenters. The molecule has 0 radical (unpaired) electrons. The minimum absolute atomic E-state index is 0.927. The van der Waals surface area contributed by atoms with Gasteiger partial charge in [-0.25, -0.2) is 0 Å². The second kappa shape index (κ2) is 6.08. The van der Waals surface area contributed by atoms with Crippen molar-refractivity contribution in [1.29, 1.82) is 0 Å². The predicted molar refractivity (Wildman–Crippen MR) is 79.4 cm³/mol. The van der Waals surface area contributed by atoms with Crippen LogP contribution in [0.3, 0.4) is 0 Å². The van der Waals surface area contributed by atoms with E-state index in [-0.39, 0.29) is 0 Å². The summed E-state index contributed by atoms with van der Waals surface area (Å²) in [6.07, 6.45) is 5.07. The molecule has 1 aliphatic rings. The van der Waals surface area contributed by atoms with Gasteiger partial charge in [-0.3, -0.25) is 0 Å². The monoisotopic (exact) mass is 243 g/mol. The van der Waals surface area contributed by atoms with E-state index in [1.807, 2.05) is 0 Å². The van der Waals surface area contributed by atoms with Crippen molar-refractivity contribution in [1.82, 2.24) is 4.90 Å². The van der Waals surface area contributed by atoms with Crippen LogP contribution in [-0.4, -0.2) is 18.0 Å². The second-order valence-corrected chi connectivity index (χ2v) is 5.34. The smallest absolute Gasteiger partial charge is 0.0366 e. The van der Waals surface area contributed by atoms with Crippen LogP contribution in [0.2, 0.25) is 0 Å². The van der Waals surface area contributed by atoms with Gasteiger partial charge >= 0.3 is 0 Å². The SMILES string of the molecule is C=C(c1ccc(CC)cc1)N1CCC(CC)CC1. The first kappa shape index (κ1) is 13.2. The number of likely N-dealkylation sites (tertiary alicyclic amines) is 1. The number of aryl methyl sites for hydroxylation is 1. The minimum Gasteiger partial charge on any atom is -0.372 e. The van der Waals surface area contributed by atoms with Crippen LogP contribution in [0.4, 0.5) is 0 Å². The molecule has 0 aliphatic carbocycles. The number of piperidine rings is 1. The molecule has 1 aliphatic heterocycles. The molecule has 0 spiro atoms. The van der Waals surface area contributed by atoms with Crippen molar-refractivity contribution in [2.24, 2.45) is 5.92 Å². The predicted octanol–water partition coefficient (Wildman–Crippen LogP) is 4.34. The first-order chi connectivity index (χ1) is 8.74. The fraction of sp³-hybridized carbons (Fsp3) is 0.529. The summed E-state index contributed by atoms with van der Waals surface area (Å²) in [6, 6.07) is 8.87. The molecule has 0 aromatic heterocycles. The molecule has 0 unspecified atom stereocenters. The molecule has 1 heteroatoms. The van der Waals surface area contributed by atoms with Crippen molar-refractivity contribution in [2.45, 2.75) is 39.5 Å². The molecule has 0 amide bonds. The van der Waals surface area contributed by atoms with E-state index in [4.69, 9.17) is 0 Å². The first-order valence-electron chi connectivity index (χ1n) is 7.27. The van der Waals surface area contributed by atoms with E-state index in [2.05, 4.69) is 49.6 Å². The summed E-state index contributed by atoms with van der Waals surface area (Å²) in [5.74, 6) is 0.927. The fourth-order valence-electron chi connectivity index (χ4n) is 2.73. The summed E-state index contributed by atoms with van der Waals surface area (Å²) in [5, 5.41) is 0. The normalized spacial score (nSPS) is 16.9. The zero-order valence-electron chi connectivity index (χ0n) is 11.8. The number of hydrogen-bond acceptors (Lipinski definition) is 1. The summed E-state index contributed by atoms with van der Waals surface area (Å²) in [6.45, 7) is 11.1. The van der Waals surface area contributed by atoms with Gasteiger partial charge in [0, 0.05) is 18.8 Å². The van der Waals surface area contributed by atoms with Gasteiger partial charge in [-0.2, -0.15) is 0 Å². The topological polar surface area (TPSA) is 3.24 Å². The van der Waals surface area contributed by atoms with Crippen LogP contribution in [-0.2, 0) is 6.42 Å². The van der Waals surface area contributed by atoms with Crippen LogP contribution in [0, 0.1) is 5.92 Å². The van der Waals surface area contributed by atoms with Crippen LogP contribution < -0.4 is 0 Å². The lowest BCUT2D eigenvalue weighted by molar-refractivity contribution is 0.251. The summed E-state index contributed by atoms with van der Waals surface area (Å²) >= 11 is 0. The Labute approximate surface area is 112 Å². The largest absolute Gasteiger partial charge is 0.372 e. The third-order valence-electron chi connectivity index (χ3n) is 4.27. The Bertz CT molecular complexity index is 383. The van der Waals surface area contributed by atoms with Gasteiger partial charge < -0.3 is 4.90 Å². The standard InChI is InChI=1S/C17H25N/c1-4-15-6-8-17(9-7-15)14(3)18-12-10-16(5-2)11-13-18/h6-9,16H,3-5,10-13H2,1-2H3. The third-order valence-corrected chi connectivity index (χ3v) is 4.27. The number of hydrogen-bond donors (Lipinski definition) is 0. The van der Waals surface area contributed by atoms with Crippen molar-refractivity contribution in [3.05, 3.63) is 42.0 Å². The molecule has 0 N–H and O–H groups in total. The van der Waals surface area contributed by atoms with Gasteiger partial charge in [0.15, 0.2) is 0 Å². The summed E-state index contributed by atoms with van der Waals surface area (Å²) in [7, 11) is 0. The third kappa shape index (κ3) is 2.95. The Morgan fingerprint density at radius 1 is 1.17 bits per heavy atom. The molecule has 1 nitrogen and oxygen atoms in total. The summed E-state index contributed by atoms with van der Waals surface area (Å²) < 4.78 is 0. The fourth-order valence-corrected chi connectivity index (χ4v) is 2.73. The van der Waals surface area contributed by atoms with E-state index >= 15 is 0 Å². The average molecular weight is 243 g/mol. The second-order valence-electron chi connectivity index (χ2n) is 5.34. The molecule has 2 rings (SSSR count). The lowest BCUT2D eigenvalue weighted by atomic mass is 9.93. The Morgan fingerprint density at radius 3 is 2.28 bits per heavy atom. The highest BCUT2D eigenvalue weighted by Gasteiger charge is 2.19. The molecular formula is C17H25N. The van der Waals surface area contributed by atoms with Crippen LogP contribution in [0.1, 0.15) is 44.2 Å². The minimum atomic E-state index is 0.927. The van der Waals surface area contributed by atoms with Gasteiger partial charge in [0.1, 0.15) is 0 Å². The molecule has 1 aromatic rings. The van der Waals surface area contributed by atoms with Crippen LogP contribution >= 0.6 is 0 Å². The molecule has 98 valence electrons. The van der Waals surface area contributed by atoms with Gasteiger partial charge in [0.2, 0.25) is 0 Å². The zero-order chi connectivity index (χ0) is 13.0. The lowest BCUT2D eigenvalue weighted by Gasteiger charge is -2.34. The van der Waals surface area contributed by atoms with Crippen molar-refractivity contribution in [2.75, 3.05) is 13.1 Å². The van der Waals surface area contributed by atoms with E-state index in [0.717, 1.165) is 12.3 Å². The van der Waals surface area contributed by atoms with Crippen LogP contribution in [0.25, 0.3) is 5.70 Å². The van der Waals surface area contributed by atoms with E-state index < -0.39 is 0 Å². The average Bonchev–Trinajstić information content (AvgIpc) is 2.47. The molecule has 0 bridgehead atoms. The van der Waals surface area contributed by atoms with E-state index in [1.165, 1.54) is 49.2 Å². The Morgan fingerprint density at radius 2 is 1.78 bits per heavy atom. The Hall–Kier alpha value is -1.24. The van der Waals surface area contributed by atoms with Gasteiger partial charge in [-0.1, -0.05) is 51.1 Å². The number of benzene rings is 1. The van der Waals surface area contributed by atoms with E-state index in [1.54, 1.807) is 0 Å². The maximum atomic E-state index is 4.28. The van der Waals surface area contributed by atoms with Crippen LogP contribution in [0.15, 0.2) is 30.8 Å². The maximum Gasteiger partial charge on any atom is 0.0366 e. The quantitative estimate of drug-likeness (QED) is 0.760. The van der Waals surface area contributed by atoms with Crippen molar-refractivity contribution in [3.8, 4) is 0 Å². The summed E-state index contributed by atoms with van der Waals surface area (Å²) in [5.41, 5.74) is 3.88. The maximum absolute atomic E-state index is 4.28. The number of nitrogens with zero attached hydrogens (tertiary/aromatic N) is 1. The van der Waals surface area contributed by atoms with Crippen LogP contribution in [0.5, 0.6) is 0 Å². The number of rotatable bonds is 4. The highest BCUT2D eigenvalue weighted by molar-refractivity contribution is 5.62. The van der Waals surface area contributed by atoms with Gasteiger partial charge in [0.05, 0.1) is 0 Å². The molecule has 18 heavy (non-hydrogen) atoms. The molecule has 1 saturated heterocycles. The summed E-state index contributed by atoms with van der Waals surface area (Å²) in [4.78, 5) is 2.45. The van der Waals surface area contributed by atoms with Crippen molar-refractivity contribution < 1.29 is 0 Å². The Kier molecular flexibility index (Phi) is 4.46. The lowest BCUT2D eigenvalue weighted by Crippen LogP contribution is -2.31. The van der Waals surface area contributed by atoms with E-state index in [9.17, 15) is 0 Å². The van der Waals surface area contributed by atoms with E-state index in [0.29, 0.717) is 0 Å². The molecule has 1 fully saturated rings. The first-order valence-corrected chi connectivity index (χ1v) is 7.27. The Balaban J connectivity index is 1.98. The van der Waals surface area contributed by atoms with Gasteiger partial charge in [-0.05, 0) is 36.3 Å². The van der Waals surface area contributed by atoms with Gasteiger partial charge in [0.25, 0.3) is 0 Å². The molecular weight excluding hydrogens is 218 g/mol.